The Morgan fingerprint density at radius 1 is 1.30 bits per heavy atom. The van der Waals surface area contributed by atoms with Gasteiger partial charge >= 0.3 is 0 Å². The van der Waals surface area contributed by atoms with Gasteiger partial charge < -0.3 is 15.1 Å². The minimum atomic E-state index is -0.397. The molecule has 0 bridgehead atoms. The first-order valence-corrected chi connectivity index (χ1v) is 10.1. The molecule has 4 rings (SSSR count). The standard InChI is InChI=1S/C18H23N5O3S/c1-10-4-3-5-12-13(10)14-16-20-15(18(26)22(6-8-24)7-9-25)21-23(16)11(2)19-17(14)27-12/h10,24-25H,3-9H2,1-2H3/t10-/m1/s1. The van der Waals surface area contributed by atoms with Crippen LogP contribution in [0.4, 0.5) is 0 Å². The van der Waals surface area contributed by atoms with E-state index in [-0.39, 0.29) is 32.1 Å². The summed E-state index contributed by atoms with van der Waals surface area (Å²) in [6, 6.07) is 0. The molecule has 0 spiro atoms. The van der Waals surface area contributed by atoms with Crippen molar-refractivity contribution >= 4 is 33.1 Å². The van der Waals surface area contributed by atoms with E-state index in [1.54, 1.807) is 15.9 Å². The van der Waals surface area contributed by atoms with E-state index >= 15 is 0 Å². The van der Waals surface area contributed by atoms with Crippen LogP contribution >= 0.6 is 11.3 Å². The van der Waals surface area contributed by atoms with Gasteiger partial charge in [0.25, 0.3) is 5.91 Å². The molecule has 8 nitrogen and oxygen atoms in total. The van der Waals surface area contributed by atoms with E-state index in [4.69, 9.17) is 4.98 Å². The summed E-state index contributed by atoms with van der Waals surface area (Å²) in [5.41, 5.74) is 1.97. The third-order valence-electron chi connectivity index (χ3n) is 5.16. The van der Waals surface area contributed by atoms with E-state index < -0.39 is 5.91 Å². The molecule has 27 heavy (non-hydrogen) atoms. The zero-order valence-corrected chi connectivity index (χ0v) is 16.3. The number of nitrogens with zero attached hydrogens (tertiary/aromatic N) is 5. The second-order valence-corrected chi connectivity index (χ2v) is 8.07. The SMILES string of the molecule is Cc1nc2sc3c(c2c2nc(C(=O)N(CCO)CCO)nn12)[C@H](C)CCC3. The predicted molar refractivity (Wildman–Crippen MR) is 102 cm³/mol. The van der Waals surface area contributed by atoms with Crippen LogP contribution in [-0.4, -0.2) is 66.9 Å². The fourth-order valence-electron chi connectivity index (χ4n) is 3.87. The van der Waals surface area contributed by atoms with Crippen molar-refractivity contribution in [2.24, 2.45) is 0 Å². The number of aromatic nitrogens is 4. The van der Waals surface area contributed by atoms with Gasteiger partial charge in [0.05, 0.1) is 18.6 Å². The number of aliphatic hydroxyl groups is 2. The second-order valence-electron chi connectivity index (χ2n) is 6.98. The minimum absolute atomic E-state index is 0.0673. The zero-order valence-electron chi connectivity index (χ0n) is 15.5. The third-order valence-corrected chi connectivity index (χ3v) is 6.32. The second kappa shape index (κ2) is 7.14. The van der Waals surface area contributed by atoms with Crippen LogP contribution in [0, 0.1) is 6.92 Å². The molecule has 144 valence electrons. The average molecular weight is 389 g/mol. The van der Waals surface area contributed by atoms with Crippen molar-refractivity contribution in [1.29, 1.82) is 0 Å². The highest BCUT2D eigenvalue weighted by Crippen LogP contribution is 2.42. The molecule has 9 heteroatoms. The molecule has 3 aromatic heterocycles. The number of rotatable bonds is 5. The smallest absolute Gasteiger partial charge is 0.293 e. The van der Waals surface area contributed by atoms with E-state index in [1.165, 1.54) is 21.8 Å². The molecule has 3 heterocycles. The normalized spacial score (nSPS) is 16.8. The fraction of sp³-hybridized carbons (Fsp3) is 0.556. The van der Waals surface area contributed by atoms with Gasteiger partial charge in [-0.25, -0.2) is 9.97 Å². The number of aryl methyl sites for hydroxylation is 2. The van der Waals surface area contributed by atoms with Crippen LogP contribution in [0.25, 0.3) is 15.9 Å². The van der Waals surface area contributed by atoms with Gasteiger partial charge in [-0.1, -0.05) is 6.92 Å². The van der Waals surface area contributed by atoms with Crippen LogP contribution in [0.1, 0.15) is 52.6 Å². The maximum atomic E-state index is 12.8. The van der Waals surface area contributed by atoms with Crippen LogP contribution in [0.15, 0.2) is 0 Å². The van der Waals surface area contributed by atoms with Gasteiger partial charge in [0.1, 0.15) is 10.7 Å². The van der Waals surface area contributed by atoms with Gasteiger partial charge in [0.2, 0.25) is 5.82 Å². The quantitative estimate of drug-likeness (QED) is 0.686. The average Bonchev–Trinajstić information content (AvgIpc) is 3.23. The lowest BCUT2D eigenvalue weighted by Gasteiger charge is -2.18. The molecule has 1 atom stereocenters. The van der Waals surface area contributed by atoms with Crippen molar-refractivity contribution in [3.05, 3.63) is 22.1 Å². The summed E-state index contributed by atoms with van der Waals surface area (Å²) < 4.78 is 1.64. The zero-order chi connectivity index (χ0) is 19.1. The molecule has 3 aromatic rings. The molecule has 1 aliphatic carbocycles. The molecule has 0 radical (unpaired) electrons. The van der Waals surface area contributed by atoms with E-state index in [9.17, 15) is 15.0 Å². The van der Waals surface area contributed by atoms with Gasteiger partial charge in [-0.15, -0.1) is 16.4 Å². The number of carbonyl (C=O) groups is 1. The van der Waals surface area contributed by atoms with Crippen LogP contribution in [0.2, 0.25) is 0 Å². The van der Waals surface area contributed by atoms with Gasteiger partial charge in [0, 0.05) is 18.0 Å². The van der Waals surface area contributed by atoms with Crippen molar-refractivity contribution < 1.29 is 15.0 Å². The fourth-order valence-corrected chi connectivity index (χ4v) is 5.25. The molecule has 0 saturated carbocycles. The number of hydrogen-bond donors (Lipinski definition) is 2. The Kier molecular flexibility index (Phi) is 4.83. The Labute approximate surface area is 160 Å². The highest BCUT2D eigenvalue weighted by molar-refractivity contribution is 7.19. The number of fused-ring (bicyclic) bond motifs is 5. The number of hydrogen-bond acceptors (Lipinski definition) is 7. The van der Waals surface area contributed by atoms with E-state index in [2.05, 4.69) is 17.0 Å². The lowest BCUT2D eigenvalue weighted by atomic mass is 9.87. The highest BCUT2D eigenvalue weighted by Gasteiger charge is 2.27. The lowest BCUT2D eigenvalue weighted by molar-refractivity contribution is 0.0673. The molecule has 0 unspecified atom stereocenters. The Morgan fingerprint density at radius 2 is 2.04 bits per heavy atom. The van der Waals surface area contributed by atoms with Crippen molar-refractivity contribution in [3.8, 4) is 0 Å². The molecule has 0 aromatic carbocycles. The minimum Gasteiger partial charge on any atom is -0.395 e. The van der Waals surface area contributed by atoms with Crippen LogP contribution < -0.4 is 0 Å². The number of carbonyl (C=O) groups excluding carboxylic acids is 1. The number of amides is 1. The van der Waals surface area contributed by atoms with Gasteiger partial charge in [-0.2, -0.15) is 4.52 Å². The maximum absolute atomic E-state index is 12.8. The molecule has 0 fully saturated rings. The third kappa shape index (κ3) is 2.99. The van der Waals surface area contributed by atoms with Crippen LogP contribution in [0.3, 0.4) is 0 Å². The predicted octanol–water partition coefficient (Wildman–Crippen LogP) is 1.51. The van der Waals surface area contributed by atoms with Crippen LogP contribution in [-0.2, 0) is 6.42 Å². The topological polar surface area (TPSA) is 104 Å². The van der Waals surface area contributed by atoms with Gasteiger partial charge in [-0.3, -0.25) is 4.79 Å². The lowest BCUT2D eigenvalue weighted by Crippen LogP contribution is -2.36. The van der Waals surface area contributed by atoms with Crippen molar-refractivity contribution in [2.75, 3.05) is 26.3 Å². The van der Waals surface area contributed by atoms with E-state index in [1.807, 2.05) is 6.92 Å². The molecule has 0 saturated heterocycles. The van der Waals surface area contributed by atoms with Crippen molar-refractivity contribution in [3.63, 3.8) is 0 Å². The molecule has 2 N–H and O–H groups in total. The highest BCUT2D eigenvalue weighted by atomic mass is 32.1. The molecular formula is C18H23N5O3S. The first kappa shape index (κ1) is 18.3. The summed E-state index contributed by atoms with van der Waals surface area (Å²) in [4.78, 5) is 25.7. The van der Waals surface area contributed by atoms with Crippen molar-refractivity contribution in [1.82, 2.24) is 24.5 Å². The maximum Gasteiger partial charge on any atom is 0.293 e. The first-order valence-electron chi connectivity index (χ1n) is 9.24. The summed E-state index contributed by atoms with van der Waals surface area (Å²) in [5.74, 6) is 0.794. The number of aliphatic hydroxyl groups excluding tert-OH is 2. The van der Waals surface area contributed by atoms with E-state index in [0.29, 0.717) is 17.4 Å². The number of thiophene rings is 1. The molecule has 0 aliphatic heterocycles. The Bertz CT molecular complexity index is 1010. The molecule has 1 aliphatic rings. The molecule has 1 amide bonds. The first-order chi connectivity index (χ1) is 13.0. The monoisotopic (exact) mass is 389 g/mol. The summed E-state index contributed by atoms with van der Waals surface area (Å²) in [7, 11) is 0. The summed E-state index contributed by atoms with van der Waals surface area (Å²) in [6.07, 6.45) is 3.39. The van der Waals surface area contributed by atoms with E-state index in [0.717, 1.165) is 23.1 Å². The van der Waals surface area contributed by atoms with Crippen molar-refractivity contribution in [2.45, 2.75) is 39.0 Å². The Balaban J connectivity index is 1.88. The summed E-state index contributed by atoms with van der Waals surface area (Å²) in [6.45, 7) is 3.99. The van der Waals surface area contributed by atoms with Gasteiger partial charge in [0.15, 0.2) is 5.65 Å². The summed E-state index contributed by atoms with van der Waals surface area (Å²) in [5, 5.41) is 23.8. The molecular weight excluding hydrogens is 366 g/mol. The van der Waals surface area contributed by atoms with Gasteiger partial charge in [-0.05, 0) is 37.7 Å². The Morgan fingerprint density at radius 3 is 2.74 bits per heavy atom. The Hall–Kier alpha value is -2.10. The largest absolute Gasteiger partial charge is 0.395 e. The summed E-state index contributed by atoms with van der Waals surface area (Å²) >= 11 is 1.72. The van der Waals surface area contributed by atoms with Crippen LogP contribution in [0.5, 0.6) is 0 Å².